The van der Waals surface area contributed by atoms with E-state index in [4.69, 9.17) is 10.5 Å². The molecular formula is C21H17F3N4O3. The number of carbonyl (C=O) groups is 1. The second-order valence-electron chi connectivity index (χ2n) is 6.77. The van der Waals surface area contributed by atoms with E-state index in [2.05, 4.69) is 20.0 Å². The first-order valence-corrected chi connectivity index (χ1v) is 9.35. The zero-order chi connectivity index (χ0) is 22.0. The molecule has 2 aromatic carbocycles. The third kappa shape index (κ3) is 4.85. The lowest BCUT2D eigenvalue weighted by atomic mass is 10.0. The van der Waals surface area contributed by atoms with E-state index in [0.29, 0.717) is 41.4 Å². The van der Waals surface area contributed by atoms with Crippen LogP contribution in [0, 0.1) is 0 Å². The molecule has 0 saturated carbocycles. The van der Waals surface area contributed by atoms with Gasteiger partial charge in [0.25, 0.3) is 0 Å². The maximum atomic E-state index is 12.4. The number of benzene rings is 2. The lowest BCUT2D eigenvalue weighted by molar-refractivity contribution is -0.274. The number of anilines is 2. The zero-order valence-electron chi connectivity index (χ0n) is 16.1. The molecule has 0 atom stereocenters. The Labute approximate surface area is 175 Å². The first kappa shape index (κ1) is 20.5. The maximum Gasteiger partial charge on any atom is 0.573 e. The van der Waals surface area contributed by atoms with E-state index in [-0.39, 0.29) is 11.7 Å². The number of carbonyl (C=O) groups excluding carboxylic acids is 1. The zero-order valence-corrected chi connectivity index (χ0v) is 16.1. The number of hydrogen-bond acceptors (Lipinski definition) is 6. The van der Waals surface area contributed by atoms with Crippen molar-refractivity contribution in [2.75, 3.05) is 11.9 Å². The number of nitrogens with one attached hydrogen (secondary N) is 1. The van der Waals surface area contributed by atoms with Crippen molar-refractivity contribution in [1.82, 2.24) is 9.97 Å². The van der Waals surface area contributed by atoms with Crippen LogP contribution in [-0.4, -0.2) is 28.8 Å². The van der Waals surface area contributed by atoms with Gasteiger partial charge in [-0.25, -0.2) is 4.98 Å². The summed E-state index contributed by atoms with van der Waals surface area (Å²) in [4.78, 5) is 20.2. The van der Waals surface area contributed by atoms with Gasteiger partial charge in [-0.05, 0) is 61.4 Å². The smallest absolute Gasteiger partial charge is 0.477 e. The molecular weight excluding hydrogens is 413 g/mol. The summed E-state index contributed by atoms with van der Waals surface area (Å²) in [5.41, 5.74) is 8.18. The Hall–Kier alpha value is -3.82. The minimum Gasteiger partial charge on any atom is -0.477 e. The fourth-order valence-electron chi connectivity index (χ4n) is 3.18. The number of rotatable bonds is 5. The molecule has 0 spiro atoms. The molecule has 0 unspecified atom stereocenters. The Morgan fingerprint density at radius 1 is 1.06 bits per heavy atom. The lowest BCUT2D eigenvalue weighted by Crippen LogP contribution is -2.17. The molecule has 0 saturated heterocycles. The average Bonchev–Trinajstić information content (AvgIpc) is 2.73. The van der Waals surface area contributed by atoms with Gasteiger partial charge in [0.15, 0.2) is 0 Å². The lowest BCUT2D eigenvalue weighted by Gasteiger charge is -2.20. The summed E-state index contributed by atoms with van der Waals surface area (Å²) in [6.45, 7) is 0.508. The van der Waals surface area contributed by atoms with Crippen molar-refractivity contribution in [2.45, 2.75) is 19.2 Å². The third-order valence-electron chi connectivity index (χ3n) is 4.57. The van der Waals surface area contributed by atoms with Gasteiger partial charge >= 0.3 is 6.36 Å². The number of primary amides is 1. The van der Waals surface area contributed by atoms with Crippen LogP contribution in [-0.2, 0) is 6.42 Å². The Balaban J connectivity index is 1.66. The van der Waals surface area contributed by atoms with E-state index in [9.17, 15) is 18.0 Å². The number of fused-ring (bicyclic) bond motifs is 1. The van der Waals surface area contributed by atoms with Crippen LogP contribution in [0.15, 0.2) is 48.5 Å². The van der Waals surface area contributed by atoms with Gasteiger partial charge in [-0.1, -0.05) is 0 Å². The Kier molecular flexibility index (Phi) is 5.37. The maximum absolute atomic E-state index is 12.4. The number of halogens is 3. The predicted molar refractivity (Wildman–Crippen MR) is 106 cm³/mol. The monoisotopic (exact) mass is 430 g/mol. The molecule has 3 aromatic rings. The highest BCUT2D eigenvalue weighted by molar-refractivity contribution is 5.93. The highest BCUT2D eigenvalue weighted by Crippen LogP contribution is 2.34. The summed E-state index contributed by atoms with van der Waals surface area (Å²) >= 11 is 0. The number of nitrogens with two attached hydrogens (primary N) is 1. The molecule has 0 fully saturated rings. The van der Waals surface area contributed by atoms with Gasteiger partial charge in [-0.15, -0.1) is 13.2 Å². The van der Waals surface area contributed by atoms with Crippen LogP contribution in [0.5, 0.6) is 11.6 Å². The molecule has 2 heterocycles. The van der Waals surface area contributed by atoms with Crippen molar-refractivity contribution < 1.29 is 27.4 Å². The molecule has 0 bridgehead atoms. The van der Waals surface area contributed by atoms with Crippen LogP contribution in [0.2, 0.25) is 0 Å². The highest BCUT2D eigenvalue weighted by Gasteiger charge is 2.31. The molecule has 0 radical (unpaired) electrons. The number of amides is 1. The summed E-state index contributed by atoms with van der Waals surface area (Å²) < 4.78 is 46.9. The average molecular weight is 430 g/mol. The van der Waals surface area contributed by atoms with E-state index in [1.54, 1.807) is 24.3 Å². The van der Waals surface area contributed by atoms with Crippen molar-refractivity contribution in [3.05, 3.63) is 59.7 Å². The number of alkyl halides is 3. The van der Waals surface area contributed by atoms with Gasteiger partial charge in [0, 0.05) is 22.4 Å². The number of aromatic nitrogens is 2. The Morgan fingerprint density at radius 2 is 1.77 bits per heavy atom. The SMILES string of the molecule is NC(=O)c1ccc(Nc2nc3c(c(-c4ccc(OC(F)(F)F)cc4)n2)CCCO3)cc1. The van der Waals surface area contributed by atoms with Crippen LogP contribution in [0.4, 0.5) is 24.8 Å². The second-order valence-corrected chi connectivity index (χ2v) is 6.77. The number of hydrogen-bond donors (Lipinski definition) is 2. The first-order valence-electron chi connectivity index (χ1n) is 9.35. The molecule has 1 aliphatic heterocycles. The Morgan fingerprint density at radius 3 is 2.42 bits per heavy atom. The van der Waals surface area contributed by atoms with E-state index in [0.717, 1.165) is 12.0 Å². The van der Waals surface area contributed by atoms with E-state index >= 15 is 0 Å². The molecule has 0 aliphatic carbocycles. The molecule has 1 aliphatic rings. The van der Waals surface area contributed by atoms with Crippen LogP contribution < -0.4 is 20.5 Å². The van der Waals surface area contributed by atoms with Crippen molar-refractivity contribution in [1.29, 1.82) is 0 Å². The summed E-state index contributed by atoms with van der Waals surface area (Å²) in [7, 11) is 0. The van der Waals surface area contributed by atoms with Crippen LogP contribution in [0.3, 0.4) is 0 Å². The van der Waals surface area contributed by atoms with Gasteiger partial charge in [-0.2, -0.15) is 4.98 Å². The topological polar surface area (TPSA) is 99.4 Å². The molecule has 1 aromatic heterocycles. The fraction of sp³-hybridized carbons (Fsp3) is 0.190. The molecule has 7 nitrogen and oxygen atoms in total. The molecule has 31 heavy (non-hydrogen) atoms. The van der Waals surface area contributed by atoms with Gasteiger partial charge in [-0.3, -0.25) is 4.79 Å². The van der Waals surface area contributed by atoms with E-state index in [1.165, 1.54) is 24.3 Å². The summed E-state index contributed by atoms with van der Waals surface area (Å²) in [6.07, 6.45) is -3.30. The summed E-state index contributed by atoms with van der Waals surface area (Å²) in [5.74, 6) is -0.185. The standard InChI is InChI=1S/C21H17F3N4O3/c22-21(23,24)31-15-9-5-12(6-10-15)17-16-2-1-11-30-19(16)28-20(27-17)26-14-7-3-13(4-8-14)18(25)29/h3-10H,1-2,11H2,(H2,25,29)(H,26,27,28). The van der Waals surface area contributed by atoms with Crippen molar-refractivity contribution in [3.8, 4) is 22.9 Å². The normalized spacial score (nSPS) is 13.1. The van der Waals surface area contributed by atoms with E-state index < -0.39 is 12.3 Å². The minimum absolute atomic E-state index is 0.248. The largest absolute Gasteiger partial charge is 0.573 e. The molecule has 160 valence electrons. The van der Waals surface area contributed by atoms with Crippen LogP contribution >= 0.6 is 0 Å². The van der Waals surface area contributed by atoms with Crippen LogP contribution in [0.1, 0.15) is 22.3 Å². The number of nitrogens with zero attached hydrogens (tertiary/aromatic N) is 2. The van der Waals surface area contributed by atoms with Gasteiger partial charge in [0.05, 0.1) is 12.3 Å². The van der Waals surface area contributed by atoms with Crippen molar-refractivity contribution >= 4 is 17.5 Å². The quantitative estimate of drug-likeness (QED) is 0.629. The third-order valence-corrected chi connectivity index (χ3v) is 4.57. The highest BCUT2D eigenvalue weighted by atomic mass is 19.4. The molecule has 10 heteroatoms. The molecule has 4 rings (SSSR count). The summed E-state index contributed by atoms with van der Waals surface area (Å²) in [6, 6.07) is 11.9. The van der Waals surface area contributed by atoms with Gasteiger partial charge in [0.2, 0.25) is 17.7 Å². The first-order chi connectivity index (χ1) is 14.8. The van der Waals surface area contributed by atoms with E-state index in [1.807, 2.05) is 0 Å². The second kappa shape index (κ2) is 8.13. The van der Waals surface area contributed by atoms with Crippen LogP contribution in [0.25, 0.3) is 11.3 Å². The Bertz CT molecular complexity index is 1100. The molecule has 3 N–H and O–H groups in total. The van der Waals surface area contributed by atoms with Gasteiger partial charge in [0.1, 0.15) is 5.75 Å². The molecule has 1 amide bonds. The number of ether oxygens (including phenoxy) is 2. The van der Waals surface area contributed by atoms with Crippen molar-refractivity contribution in [2.24, 2.45) is 5.73 Å². The van der Waals surface area contributed by atoms with Gasteiger partial charge < -0.3 is 20.5 Å². The predicted octanol–water partition coefficient (Wildman–Crippen LogP) is 4.21. The van der Waals surface area contributed by atoms with Crippen molar-refractivity contribution in [3.63, 3.8) is 0 Å². The minimum atomic E-state index is -4.76. The fourth-order valence-corrected chi connectivity index (χ4v) is 3.18. The summed E-state index contributed by atoms with van der Waals surface area (Å²) in [5, 5.41) is 3.04.